The Balaban J connectivity index is 2.09. The Hall–Kier alpha value is -0.540. The van der Waals surface area contributed by atoms with Crippen LogP contribution in [-0.2, 0) is 10.2 Å². The maximum Gasteiger partial charge on any atom is 0.199 e. The average Bonchev–Trinajstić information content (AvgIpc) is 2.32. The lowest BCUT2D eigenvalue weighted by molar-refractivity contribution is -0.106. The van der Waals surface area contributed by atoms with Crippen LogP contribution in [0.25, 0.3) is 0 Å². The van der Waals surface area contributed by atoms with E-state index < -0.39 is 0 Å². The van der Waals surface area contributed by atoms with E-state index in [-0.39, 0.29) is 11.7 Å². The van der Waals surface area contributed by atoms with E-state index in [1.165, 1.54) is 12.0 Å². The van der Waals surface area contributed by atoms with Gasteiger partial charge in [-0.15, -0.1) is 0 Å². The number of halogens is 1. The topological polar surface area (TPSA) is 18.5 Å². The van der Waals surface area contributed by atoms with Crippen molar-refractivity contribution >= 4 is 15.9 Å². The molecule has 1 aromatic carbocycles. The van der Waals surface area contributed by atoms with Gasteiger partial charge in [0.2, 0.25) is 0 Å². The molecule has 1 unspecified atom stereocenters. The average molecular weight is 313 g/mol. The molecule has 3 heteroatoms. The predicted octanol–water partition coefficient (Wildman–Crippen LogP) is 4.65. The second-order valence-electron chi connectivity index (χ2n) is 5.81. The molecule has 0 saturated carbocycles. The summed E-state index contributed by atoms with van der Waals surface area (Å²) in [6, 6.07) is 6.30. The lowest BCUT2D eigenvalue weighted by Gasteiger charge is -2.25. The van der Waals surface area contributed by atoms with Gasteiger partial charge in [0, 0.05) is 6.42 Å². The fourth-order valence-electron chi connectivity index (χ4n) is 2.01. The fraction of sp³-hybridized carbons (Fsp3) is 0.600. The molecule has 0 spiro atoms. The van der Waals surface area contributed by atoms with Crippen LogP contribution >= 0.6 is 15.9 Å². The van der Waals surface area contributed by atoms with Crippen LogP contribution in [0.15, 0.2) is 22.7 Å². The second kappa shape index (κ2) is 5.62. The minimum absolute atomic E-state index is 0.0875. The summed E-state index contributed by atoms with van der Waals surface area (Å²) in [5.41, 5.74) is 1.45. The van der Waals surface area contributed by atoms with Gasteiger partial charge in [0.1, 0.15) is 5.75 Å². The van der Waals surface area contributed by atoms with Crippen molar-refractivity contribution in [3.05, 3.63) is 28.2 Å². The zero-order valence-electron chi connectivity index (χ0n) is 11.3. The number of ether oxygens (including phenoxy) is 2. The quantitative estimate of drug-likeness (QED) is 0.791. The van der Waals surface area contributed by atoms with Crippen LogP contribution in [0.5, 0.6) is 5.75 Å². The Bertz CT molecular complexity index is 403. The van der Waals surface area contributed by atoms with Crippen molar-refractivity contribution < 1.29 is 9.47 Å². The van der Waals surface area contributed by atoms with Gasteiger partial charge in [-0.2, -0.15) is 0 Å². The maximum atomic E-state index is 5.88. The molecule has 0 radical (unpaired) electrons. The SMILES string of the molecule is CC(C)(C)c1ccc(OC2CCCCO2)c(Br)c1. The first-order valence-corrected chi connectivity index (χ1v) is 7.34. The first-order valence-electron chi connectivity index (χ1n) is 6.55. The molecule has 1 fully saturated rings. The van der Waals surface area contributed by atoms with Gasteiger partial charge in [0.05, 0.1) is 11.1 Å². The Morgan fingerprint density at radius 2 is 2.06 bits per heavy atom. The fourth-order valence-corrected chi connectivity index (χ4v) is 2.48. The molecule has 0 aromatic heterocycles. The molecule has 1 atom stereocenters. The molecule has 1 saturated heterocycles. The second-order valence-corrected chi connectivity index (χ2v) is 6.66. The van der Waals surface area contributed by atoms with Crippen LogP contribution in [0.2, 0.25) is 0 Å². The number of hydrogen-bond acceptors (Lipinski definition) is 2. The third-order valence-electron chi connectivity index (χ3n) is 3.19. The van der Waals surface area contributed by atoms with Crippen LogP contribution in [-0.4, -0.2) is 12.9 Å². The van der Waals surface area contributed by atoms with E-state index in [4.69, 9.17) is 9.47 Å². The normalized spacial score (nSPS) is 20.8. The highest BCUT2D eigenvalue weighted by Crippen LogP contribution is 2.32. The standard InChI is InChI=1S/C15H21BrO2/c1-15(2,3)11-7-8-13(12(16)10-11)18-14-6-4-5-9-17-14/h7-8,10,14H,4-6,9H2,1-3H3. The van der Waals surface area contributed by atoms with Crippen molar-refractivity contribution in [2.24, 2.45) is 0 Å². The largest absolute Gasteiger partial charge is 0.464 e. The van der Waals surface area contributed by atoms with Crippen molar-refractivity contribution in [3.8, 4) is 5.75 Å². The van der Waals surface area contributed by atoms with Gasteiger partial charge in [0.25, 0.3) is 0 Å². The molecule has 0 aliphatic carbocycles. The van der Waals surface area contributed by atoms with Gasteiger partial charge in [-0.3, -0.25) is 0 Å². The van der Waals surface area contributed by atoms with E-state index in [1.54, 1.807) is 0 Å². The molecule has 1 aromatic rings. The van der Waals surface area contributed by atoms with Crippen LogP contribution in [0.4, 0.5) is 0 Å². The lowest BCUT2D eigenvalue weighted by Crippen LogP contribution is -2.25. The molecule has 0 amide bonds. The molecule has 0 N–H and O–H groups in total. The van der Waals surface area contributed by atoms with Crippen LogP contribution in [0.1, 0.15) is 45.6 Å². The van der Waals surface area contributed by atoms with E-state index >= 15 is 0 Å². The summed E-state index contributed by atoms with van der Waals surface area (Å²) in [5.74, 6) is 0.870. The summed E-state index contributed by atoms with van der Waals surface area (Å²) >= 11 is 3.59. The third kappa shape index (κ3) is 3.48. The summed E-state index contributed by atoms with van der Waals surface area (Å²) < 4.78 is 12.5. The summed E-state index contributed by atoms with van der Waals surface area (Å²) in [6.45, 7) is 7.43. The predicted molar refractivity (Wildman–Crippen MR) is 77.1 cm³/mol. The van der Waals surface area contributed by atoms with Crippen molar-refractivity contribution in [1.29, 1.82) is 0 Å². The third-order valence-corrected chi connectivity index (χ3v) is 3.81. The Morgan fingerprint density at radius 1 is 1.28 bits per heavy atom. The number of hydrogen-bond donors (Lipinski definition) is 0. The maximum absolute atomic E-state index is 5.88. The summed E-state index contributed by atoms with van der Waals surface area (Å²) in [6.07, 6.45) is 3.22. The first-order chi connectivity index (χ1) is 8.47. The zero-order chi connectivity index (χ0) is 13.2. The number of rotatable bonds is 2. The van der Waals surface area contributed by atoms with E-state index in [9.17, 15) is 0 Å². The molecule has 0 bridgehead atoms. The smallest absolute Gasteiger partial charge is 0.199 e. The van der Waals surface area contributed by atoms with Gasteiger partial charge in [0.15, 0.2) is 6.29 Å². The van der Waals surface area contributed by atoms with Gasteiger partial charge in [-0.05, 0) is 51.9 Å². The van der Waals surface area contributed by atoms with Crippen LogP contribution in [0.3, 0.4) is 0 Å². The summed E-state index contributed by atoms with van der Waals surface area (Å²) in [5, 5.41) is 0. The van der Waals surface area contributed by atoms with Crippen molar-refractivity contribution in [2.75, 3.05) is 6.61 Å². The zero-order valence-corrected chi connectivity index (χ0v) is 12.9. The molecular weight excluding hydrogens is 292 g/mol. The van der Waals surface area contributed by atoms with Crippen LogP contribution < -0.4 is 4.74 Å². The van der Waals surface area contributed by atoms with E-state index in [1.807, 2.05) is 6.07 Å². The molecule has 2 rings (SSSR count). The van der Waals surface area contributed by atoms with Gasteiger partial charge >= 0.3 is 0 Å². The molecule has 1 aliphatic rings. The van der Waals surface area contributed by atoms with E-state index in [0.717, 1.165) is 29.7 Å². The van der Waals surface area contributed by atoms with Gasteiger partial charge in [-0.1, -0.05) is 26.8 Å². The van der Waals surface area contributed by atoms with E-state index in [0.29, 0.717) is 0 Å². The summed E-state index contributed by atoms with van der Waals surface area (Å²) in [4.78, 5) is 0. The molecule has 2 nitrogen and oxygen atoms in total. The summed E-state index contributed by atoms with van der Waals surface area (Å²) in [7, 11) is 0. The molecule has 1 aliphatic heterocycles. The molecule has 1 heterocycles. The van der Waals surface area contributed by atoms with Crippen molar-refractivity contribution in [3.63, 3.8) is 0 Å². The Morgan fingerprint density at radius 3 is 2.61 bits per heavy atom. The van der Waals surface area contributed by atoms with E-state index in [2.05, 4.69) is 48.8 Å². The minimum Gasteiger partial charge on any atom is -0.464 e. The van der Waals surface area contributed by atoms with Gasteiger partial charge < -0.3 is 9.47 Å². The van der Waals surface area contributed by atoms with Crippen molar-refractivity contribution in [1.82, 2.24) is 0 Å². The highest BCUT2D eigenvalue weighted by atomic mass is 79.9. The Labute approximate surface area is 118 Å². The molecular formula is C15H21BrO2. The number of benzene rings is 1. The first kappa shape index (κ1) is 13.9. The molecule has 18 heavy (non-hydrogen) atoms. The minimum atomic E-state index is -0.0875. The van der Waals surface area contributed by atoms with Crippen molar-refractivity contribution in [2.45, 2.75) is 51.7 Å². The van der Waals surface area contributed by atoms with Gasteiger partial charge in [-0.25, -0.2) is 0 Å². The monoisotopic (exact) mass is 312 g/mol. The molecule has 100 valence electrons. The highest BCUT2D eigenvalue weighted by Gasteiger charge is 2.19. The van der Waals surface area contributed by atoms with Crippen LogP contribution in [0, 0.1) is 0 Å². The highest BCUT2D eigenvalue weighted by molar-refractivity contribution is 9.10. The lowest BCUT2D eigenvalue weighted by atomic mass is 9.87. The Kier molecular flexibility index (Phi) is 4.33.